The van der Waals surface area contributed by atoms with Crippen molar-refractivity contribution in [3.63, 3.8) is 0 Å². The molecule has 3 aromatic rings. The number of thioether (sulfide) groups is 1. The molecule has 0 radical (unpaired) electrons. The molecular formula is C23H25N3O2S. The van der Waals surface area contributed by atoms with Gasteiger partial charge in [-0.05, 0) is 74.7 Å². The number of fused-ring (bicyclic) bond motifs is 1. The van der Waals surface area contributed by atoms with Crippen LogP contribution in [0.4, 0.5) is 5.69 Å². The van der Waals surface area contributed by atoms with Gasteiger partial charge in [0.2, 0.25) is 5.91 Å². The van der Waals surface area contributed by atoms with Crippen molar-refractivity contribution in [1.82, 2.24) is 9.55 Å². The summed E-state index contributed by atoms with van der Waals surface area (Å²) in [5, 5.41) is 2.80. The average Bonchev–Trinajstić information content (AvgIpc) is 3.19. The number of nitrogens with zero attached hydrogens (tertiary/aromatic N) is 2. The van der Waals surface area contributed by atoms with Crippen molar-refractivity contribution in [1.29, 1.82) is 0 Å². The van der Waals surface area contributed by atoms with Crippen molar-refractivity contribution in [2.24, 2.45) is 0 Å². The molecule has 0 saturated heterocycles. The Hall–Kier alpha value is -2.73. The number of anilines is 1. The molecule has 1 aromatic heterocycles. The fourth-order valence-corrected chi connectivity index (χ4v) is 4.39. The predicted molar refractivity (Wildman–Crippen MR) is 118 cm³/mol. The number of methoxy groups -OCH3 is 1. The molecule has 1 aliphatic heterocycles. The lowest BCUT2D eigenvalue weighted by Crippen LogP contribution is -2.22. The van der Waals surface area contributed by atoms with E-state index >= 15 is 0 Å². The zero-order valence-corrected chi connectivity index (χ0v) is 17.5. The molecule has 4 rings (SSSR count). The predicted octanol–water partition coefficient (Wildman–Crippen LogP) is 5.01. The summed E-state index contributed by atoms with van der Waals surface area (Å²) in [5.74, 6) is 1.81. The minimum absolute atomic E-state index is 0.0169. The van der Waals surface area contributed by atoms with E-state index in [4.69, 9.17) is 4.74 Å². The number of carbonyl (C=O) groups excluding carboxylic acids is 1. The molecule has 6 heteroatoms. The van der Waals surface area contributed by atoms with Crippen molar-refractivity contribution in [3.05, 3.63) is 60.4 Å². The molecule has 0 bridgehead atoms. The third kappa shape index (κ3) is 4.48. The minimum atomic E-state index is -0.206. The van der Waals surface area contributed by atoms with Crippen LogP contribution >= 0.6 is 11.8 Å². The van der Waals surface area contributed by atoms with Crippen LogP contribution in [0.2, 0.25) is 0 Å². The zero-order chi connectivity index (χ0) is 20.2. The van der Waals surface area contributed by atoms with Crippen molar-refractivity contribution in [2.75, 3.05) is 12.4 Å². The van der Waals surface area contributed by atoms with Crippen LogP contribution in [-0.4, -0.2) is 27.8 Å². The molecule has 0 fully saturated rings. The second-order valence-electron chi connectivity index (χ2n) is 7.18. The fourth-order valence-electron chi connectivity index (χ4n) is 3.52. The van der Waals surface area contributed by atoms with Crippen molar-refractivity contribution in [2.45, 2.75) is 42.9 Å². The number of hydrogen-bond donors (Lipinski definition) is 1. The fraction of sp³-hybridized carbons (Fsp3) is 0.304. The molecule has 1 unspecified atom stereocenters. The van der Waals surface area contributed by atoms with Gasteiger partial charge in [0.15, 0.2) is 0 Å². The monoisotopic (exact) mass is 407 g/mol. The highest BCUT2D eigenvalue weighted by Crippen LogP contribution is 2.28. The van der Waals surface area contributed by atoms with Gasteiger partial charge in [-0.3, -0.25) is 4.79 Å². The first-order chi connectivity index (χ1) is 14.1. The highest BCUT2D eigenvalue weighted by atomic mass is 32.2. The van der Waals surface area contributed by atoms with Gasteiger partial charge in [-0.1, -0.05) is 0 Å². The Bertz CT molecular complexity index is 980. The molecule has 1 N–H and O–H groups in total. The molecule has 0 spiro atoms. The van der Waals surface area contributed by atoms with Crippen LogP contribution in [0.1, 0.15) is 25.5 Å². The standard InChI is InChI=1S/C23H25N3O2S/c1-16(29-21-12-10-20(28-2)11-13-21)23(27)25-18-8-6-17(7-9-18)22-24-15-19-5-3-4-14-26(19)22/h6-13,15-16H,3-5,14H2,1-2H3,(H,25,27). The Morgan fingerprint density at radius 1 is 1.14 bits per heavy atom. The number of imidazole rings is 1. The number of aromatic nitrogens is 2. The highest BCUT2D eigenvalue weighted by Gasteiger charge is 2.17. The van der Waals surface area contributed by atoms with Gasteiger partial charge in [0, 0.05) is 34.6 Å². The van der Waals surface area contributed by atoms with Crippen LogP contribution in [-0.2, 0) is 17.8 Å². The summed E-state index contributed by atoms with van der Waals surface area (Å²) in [7, 11) is 1.64. The molecule has 0 aliphatic carbocycles. The van der Waals surface area contributed by atoms with E-state index in [1.54, 1.807) is 7.11 Å². The normalized spacial score (nSPS) is 14.1. The molecule has 0 saturated carbocycles. The Balaban J connectivity index is 1.39. The lowest BCUT2D eigenvalue weighted by Gasteiger charge is -2.17. The second-order valence-corrected chi connectivity index (χ2v) is 8.60. The first kappa shape index (κ1) is 19.6. The number of hydrogen-bond acceptors (Lipinski definition) is 4. The molecular weight excluding hydrogens is 382 g/mol. The van der Waals surface area contributed by atoms with Crippen LogP contribution in [0.25, 0.3) is 11.4 Å². The van der Waals surface area contributed by atoms with E-state index in [0.717, 1.165) is 40.7 Å². The lowest BCUT2D eigenvalue weighted by molar-refractivity contribution is -0.115. The number of aryl methyl sites for hydroxylation is 1. The van der Waals surface area contributed by atoms with Crippen molar-refractivity contribution in [3.8, 4) is 17.1 Å². The first-order valence-corrected chi connectivity index (χ1v) is 10.8. The minimum Gasteiger partial charge on any atom is -0.497 e. The Morgan fingerprint density at radius 3 is 2.62 bits per heavy atom. The molecule has 1 atom stereocenters. The van der Waals surface area contributed by atoms with E-state index < -0.39 is 0 Å². The van der Waals surface area contributed by atoms with E-state index in [1.807, 2.05) is 61.7 Å². The third-order valence-electron chi connectivity index (χ3n) is 5.16. The quantitative estimate of drug-likeness (QED) is 0.583. The van der Waals surface area contributed by atoms with Crippen LogP contribution in [0.15, 0.2) is 59.6 Å². The van der Waals surface area contributed by atoms with Crippen molar-refractivity contribution >= 4 is 23.4 Å². The Labute approximate surface area is 175 Å². The number of nitrogens with one attached hydrogen (secondary N) is 1. The molecule has 2 heterocycles. The highest BCUT2D eigenvalue weighted by molar-refractivity contribution is 8.00. The number of rotatable bonds is 6. The van der Waals surface area contributed by atoms with Gasteiger partial charge in [-0.25, -0.2) is 4.98 Å². The maximum Gasteiger partial charge on any atom is 0.237 e. The third-order valence-corrected chi connectivity index (χ3v) is 6.27. The molecule has 1 amide bonds. The van der Waals surface area contributed by atoms with Crippen LogP contribution in [0.3, 0.4) is 0 Å². The number of benzene rings is 2. The van der Waals surface area contributed by atoms with Gasteiger partial charge in [0.1, 0.15) is 11.6 Å². The summed E-state index contributed by atoms with van der Waals surface area (Å²) in [4.78, 5) is 18.2. The maximum atomic E-state index is 12.6. The molecule has 29 heavy (non-hydrogen) atoms. The smallest absolute Gasteiger partial charge is 0.237 e. The summed E-state index contributed by atoms with van der Waals surface area (Å²) in [6.07, 6.45) is 5.53. The second kappa shape index (κ2) is 8.74. The molecule has 5 nitrogen and oxygen atoms in total. The number of amides is 1. The summed E-state index contributed by atoms with van der Waals surface area (Å²) >= 11 is 1.53. The largest absolute Gasteiger partial charge is 0.497 e. The van der Waals surface area contributed by atoms with E-state index in [1.165, 1.54) is 30.3 Å². The molecule has 2 aromatic carbocycles. The van der Waals surface area contributed by atoms with Crippen molar-refractivity contribution < 1.29 is 9.53 Å². The summed E-state index contributed by atoms with van der Waals surface area (Å²) in [5.41, 5.74) is 3.19. The summed E-state index contributed by atoms with van der Waals surface area (Å²) < 4.78 is 7.48. The first-order valence-electron chi connectivity index (χ1n) is 9.90. The van der Waals surface area contributed by atoms with Gasteiger partial charge in [-0.2, -0.15) is 0 Å². The average molecular weight is 408 g/mol. The van der Waals surface area contributed by atoms with Gasteiger partial charge >= 0.3 is 0 Å². The Morgan fingerprint density at radius 2 is 1.90 bits per heavy atom. The topological polar surface area (TPSA) is 56.1 Å². The molecule has 150 valence electrons. The van der Waals surface area contributed by atoms with Crippen LogP contribution in [0, 0.1) is 0 Å². The zero-order valence-electron chi connectivity index (χ0n) is 16.7. The maximum absolute atomic E-state index is 12.6. The van der Waals surface area contributed by atoms with Gasteiger partial charge < -0.3 is 14.6 Å². The SMILES string of the molecule is COc1ccc(SC(C)C(=O)Nc2ccc(-c3ncc4n3CCCC4)cc2)cc1. The van der Waals surface area contributed by atoms with E-state index in [-0.39, 0.29) is 11.2 Å². The van der Waals surface area contributed by atoms with Gasteiger partial charge in [0.05, 0.1) is 12.4 Å². The van der Waals surface area contributed by atoms with Crippen LogP contribution < -0.4 is 10.1 Å². The number of carbonyl (C=O) groups is 1. The Kier molecular flexibility index (Phi) is 5.90. The lowest BCUT2D eigenvalue weighted by atomic mass is 10.1. The van der Waals surface area contributed by atoms with Gasteiger partial charge in [0.25, 0.3) is 0 Å². The van der Waals surface area contributed by atoms with Gasteiger partial charge in [-0.15, -0.1) is 11.8 Å². The van der Waals surface area contributed by atoms with E-state index in [2.05, 4.69) is 14.9 Å². The summed E-state index contributed by atoms with van der Waals surface area (Å²) in [6.45, 7) is 2.94. The van der Waals surface area contributed by atoms with Crippen LogP contribution in [0.5, 0.6) is 5.75 Å². The van der Waals surface area contributed by atoms with E-state index in [0.29, 0.717) is 0 Å². The van der Waals surface area contributed by atoms with E-state index in [9.17, 15) is 4.79 Å². The summed E-state index contributed by atoms with van der Waals surface area (Å²) in [6, 6.07) is 15.7. The number of ether oxygens (including phenoxy) is 1. The molecule has 1 aliphatic rings.